The van der Waals surface area contributed by atoms with E-state index in [2.05, 4.69) is 50.3 Å². The van der Waals surface area contributed by atoms with Crippen molar-refractivity contribution in [3.63, 3.8) is 0 Å². The van der Waals surface area contributed by atoms with E-state index in [1.54, 1.807) is 7.11 Å². The Morgan fingerprint density at radius 1 is 1.30 bits per heavy atom. The Kier molecular flexibility index (Phi) is 6.72. The molecule has 0 atom stereocenters. The molecule has 3 rings (SSSR count). The van der Waals surface area contributed by atoms with Gasteiger partial charge in [0.15, 0.2) is 5.96 Å². The maximum atomic E-state index is 5.28. The molecule has 0 unspecified atom stereocenters. The van der Waals surface area contributed by atoms with Gasteiger partial charge in [-0.1, -0.05) is 18.6 Å². The molecule has 2 aromatic rings. The van der Waals surface area contributed by atoms with E-state index >= 15 is 0 Å². The summed E-state index contributed by atoms with van der Waals surface area (Å²) in [5.41, 5.74) is 2.67. The van der Waals surface area contributed by atoms with Gasteiger partial charge in [-0.25, -0.2) is 4.98 Å². The molecule has 1 saturated carbocycles. The molecule has 0 spiro atoms. The van der Waals surface area contributed by atoms with Crippen LogP contribution in [0, 0.1) is 12.3 Å². The Morgan fingerprint density at radius 3 is 2.81 bits per heavy atom. The Morgan fingerprint density at radius 2 is 2.11 bits per heavy atom. The number of rotatable bonds is 9. The highest BCUT2D eigenvalue weighted by Gasteiger charge is 2.36. The van der Waals surface area contributed by atoms with Crippen LogP contribution < -0.4 is 10.6 Å². The number of ether oxygens (including phenoxy) is 1. The number of para-hydroxylation sites is 2. The van der Waals surface area contributed by atoms with Gasteiger partial charge >= 0.3 is 0 Å². The quantitative estimate of drug-likeness (QED) is 0.404. The van der Waals surface area contributed by atoms with E-state index in [0.29, 0.717) is 5.41 Å². The van der Waals surface area contributed by atoms with E-state index in [4.69, 9.17) is 4.74 Å². The summed E-state index contributed by atoms with van der Waals surface area (Å²) in [6.07, 6.45) is 6.05. The molecule has 0 aliphatic heterocycles. The topological polar surface area (TPSA) is 63.5 Å². The predicted octanol–water partition coefficient (Wildman–Crippen LogP) is 3.11. The first-order valence-corrected chi connectivity index (χ1v) is 10.0. The van der Waals surface area contributed by atoms with E-state index < -0.39 is 0 Å². The highest BCUT2D eigenvalue weighted by molar-refractivity contribution is 5.79. The van der Waals surface area contributed by atoms with Crippen LogP contribution in [-0.2, 0) is 11.3 Å². The average Bonchev–Trinajstić information content (AvgIpc) is 2.97. The molecule has 27 heavy (non-hydrogen) atoms. The van der Waals surface area contributed by atoms with E-state index in [0.717, 1.165) is 56.4 Å². The monoisotopic (exact) mass is 371 g/mol. The minimum atomic E-state index is 0.389. The molecule has 1 aromatic heterocycles. The summed E-state index contributed by atoms with van der Waals surface area (Å²) in [5, 5.41) is 6.97. The molecule has 0 saturated heterocycles. The van der Waals surface area contributed by atoms with Gasteiger partial charge in [-0.2, -0.15) is 0 Å². The van der Waals surface area contributed by atoms with Crippen molar-refractivity contribution < 1.29 is 4.74 Å². The number of aromatic nitrogens is 2. The average molecular weight is 372 g/mol. The van der Waals surface area contributed by atoms with Gasteiger partial charge in [-0.15, -0.1) is 0 Å². The van der Waals surface area contributed by atoms with Gasteiger partial charge in [0.2, 0.25) is 0 Å². The molecule has 148 valence electrons. The second-order valence-electron chi connectivity index (χ2n) is 7.60. The lowest BCUT2D eigenvalue weighted by molar-refractivity contribution is 0.0732. The van der Waals surface area contributed by atoms with Gasteiger partial charge in [0, 0.05) is 40.4 Å². The van der Waals surface area contributed by atoms with Crippen LogP contribution in [0.1, 0.15) is 37.9 Å². The fourth-order valence-corrected chi connectivity index (χ4v) is 3.92. The van der Waals surface area contributed by atoms with Crippen LogP contribution in [0.5, 0.6) is 0 Å². The van der Waals surface area contributed by atoms with Crippen LogP contribution in [0.2, 0.25) is 0 Å². The minimum Gasteiger partial charge on any atom is -0.385 e. The SMILES string of the molecule is CN=C(NCCCn1c(C)nc2ccccc21)NCC1(CCOC)CCC1. The summed E-state index contributed by atoms with van der Waals surface area (Å²) in [7, 11) is 3.62. The Hall–Kier alpha value is -2.08. The second-order valence-corrected chi connectivity index (χ2v) is 7.60. The number of fused-ring (bicyclic) bond motifs is 1. The number of hydrogen-bond acceptors (Lipinski definition) is 3. The molecule has 1 aromatic carbocycles. The van der Waals surface area contributed by atoms with Gasteiger partial charge in [-0.3, -0.25) is 4.99 Å². The number of nitrogens with zero attached hydrogens (tertiary/aromatic N) is 3. The molecule has 2 N–H and O–H groups in total. The lowest BCUT2D eigenvalue weighted by Crippen LogP contribution is -2.47. The summed E-state index contributed by atoms with van der Waals surface area (Å²) < 4.78 is 7.57. The van der Waals surface area contributed by atoms with Crippen LogP contribution in [0.4, 0.5) is 0 Å². The van der Waals surface area contributed by atoms with Crippen molar-refractivity contribution >= 4 is 17.0 Å². The van der Waals surface area contributed by atoms with Crippen molar-refractivity contribution in [2.45, 2.75) is 45.6 Å². The van der Waals surface area contributed by atoms with E-state index in [9.17, 15) is 0 Å². The number of nitrogens with one attached hydrogen (secondary N) is 2. The molecule has 1 aliphatic carbocycles. The summed E-state index contributed by atoms with van der Waals surface area (Å²) in [6, 6.07) is 8.33. The first-order valence-electron chi connectivity index (χ1n) is 10.0. The van der Waals surface area contributed by atoms with Gasteiger partial charge in [0.05, 0.1) is 11.0 Å². The number of imidazole rings is 1. The van der Waals surface area contributed by atoms with Gasteiger partial charge in [-0.05, 0) is 50.2 Å². The molecule has 0 bridgehead atoms. The third-order valence-corrected chi connectivity index (χ3v) is 5.80. The molecular weight excluding hydrogens is 338 g/mol. The molecule has 6 heteroatoms. The van der Waals surface area contributed by atoms with Gasteiger partial charge < -0.3 is 19.9 Å². The van der Waals surface area contributed by atoms with Crippen molar-refractivity contribution in [2.24, 2.45) is 10.4 Å². The lowest BCUT2D eigenvalue weighted by Gasteiger charge is -2.42. The first kappa shape index (κ1) is 19.7. The second kappa shape index (κ2) is 9.22. The van der Waals surface area contributed by atoms with E-state index in [1.165, 1.54) is 24.8 Å². The van der Waals surface area contributed by atoms with Crippen molar-refractivity contribution in [2.75, 3.05) is 33.9 Å². The predicted molar refractivity (Wildman–Crippen MR) is 111 cm³/mol. The lowest BCUT2D eigenvalue weighted by atomic mass is 9.67. The Bertz CT molecular complexity index is 763. The molecule has 0 radical (unpaired) electrons. The first-order chi connectivity index (χ1) is 13.2. The van der Waals surface area contributed by atoms with Crippen LogP contribution in [0.3, 0.4) is 0 Å². The summed E-state index contributed by atoms with van der Waals surface area (Å²) in [5.74, 6) is 1.97. The molecule has 1 heterocycles. The zero-order valence-electron chi connectivity index (χ0n) is 16.9. The van der Waals surface area contributed by atoms with Crippen LogP contribution in [0.15, 0.2) is 29.3 Å². The molecule has 1 fully saturated rings. The molecule has 1 aliphatic rings. The van der Waals surface area contributed by atoms with Crippen LogP contribution in [-0.4, -0.2) is 49.4 Å². The number of aliphatic imine (C=N–C) groups is 1. The molecule has 0 amide bonds. The van der Waals surface area contributed by atoms with Crippen LogP contribution >= 0.6 is 0 Å². The maximum Gasteiger partial charge on any atom is 0.190 e. The number of guanidine groups is 1. The van der Waals surface area contributed by atoms with E-state index in [1.807, 2.05) is 13.1 Å². The molecular formula is C21H33N5O. The number of hydrogen-bond donors (Lipinski definition) is 2. The fraction of sp³-hybridized carbons (Fsp3) is 0.619. The molecule has 6 nitrogen and oxygen atoms in total. The van der Waals surface area contributed by atoms with Crippen molar-refractivity contribution in [3.05, 3.63) is 30.1 Å². The fourth-order valence-electron chi connectivity index (χ4n) is 3.92. The van der Waals surface area contributed by atoms with E-state index in [-0.39, 0.29) is 0 Å². The standard InChI is InChI=1S/C21H33N5O/c1-17-25-18-8-4-5-9-19(18)26(17)14-7-13-23-20(22-2)24-16-21(10-6-11-21)12-15-27-3/h4-5,8-9H,6-7,10-16H2,1-3H3,(H2,22,23,24). The minimum absolute atomic E-state index is 0.389. The third kappa shape index (κ3) is 4.80. The van der Waals surface area contributed by atoms with Crippen molar-refractivity contribution in [1.29, 1.82) is 0 Å². The van der Waals surface area contributed by atoms with Crippen molar-refractivity contribution in [3.8, 4) is 0 Å². The van der Waals surface area contributed by atoms with Gasteiger partial charge in [0.25, 0.3) is 0 Å². The van der Waals surface area contributed by atoms with Gasteiger partial charge in [0.1, 0.15) is 5.82 Å². The Balaban J connectivity index is 1.44. The normalized spacial score (nSPS) is 16.3. The smallest absolute Gasteiger partial charge is 0.190 e. The van der Waals surface area contributed by atoms with Crippen molar-refractivity contribution in [1.82, 2.24) is 20.2 Å². The summed E-state index contributed by atoms with van der Waals surface area (Å²) in [6.45, 7) is 5.73. The van der Waals surface area contributed by atoms with Crippen LogP contribution in [0.25, 0.3) is 11.0 Å². The largest absolute Gasteiger partial charge is 0.385 e. The highest BCUT2D eigenvalue weighted by Crippen LogP contribution is 2.43. The number of aryl methyl sites for hydroxylation is 2. The Labute approximate surface area is 162 Å². The zero-order chi connectivity index (χ0) is 19.1. The number of methoxy groups -OCH3 is 1. The summed E-state index contributed by atoms with van der Waals surface area (Å²) >= 11 is 0. The summed E-state index contributed by atoms with van der Waals surface area (Å²) in [4.78, 5) is 9.01. The third-order valence-electron chi connectivity index (χ3n) is 5.80. The highest BCUT2D eigenvalue weighted by atomic mass is 16.5. The zero-order valence-corrected chi connectivity index (χ0v) is 16.9. The number of benzene rings is 1. The maximum absolute atomic E-state index is 5.28.